The molecule has 0 aliphatic rings. The molecule has 0 N–H and O–H groups in total. The lowest BCUT2D eigenvalue weighted by atomic mass is 10.0. The van der Waals surface area contributed by atoms with Crippen molar-refractivity contribution in [2.45, 2.75) is 13.8 Å². The molecule has 0 saturated heterocycles. The first-order valence-corrected chi connectivity index (χ1v) is 13.2. The van der Waals surface area contributed by atoms with Crippen molar-refractivity contribution in [3.8, 4) is 22.3 Å². The highest BCUT2D eigenvalue weighted by Crippen LogP contribution is 2.50. The van der Waals surface area contributed by atoms with Crippen molar-refractivity contribution in [1.29, 1.82) is 0 Å². The van der Waals surface area contributed by atoms with Gasteiger partial charge in [0.2, 0.25) is 0 Å². The number of fused-ring (bicyclic) bond motifs is 3. The zero-order valence-electron chi connectivity index (χ0n) is 18.0. The SMILES string of the molecule is CCOC(=O)c1ccccc1-c1csc2c1sc1c(-c3ccccc3C(=O)OCC)csc12. The van der Waals surface area contributed by atoms with Crippen molar-refractivity contribution in [2.24, 2.45) is 0 Å². The number of hydrogen-bond donors (Lipinski definition) is 0. The minimum Gasteiger partial charge on any atom is -0.462 e. The Morgan fingerprint density at radius 3 is 1.48 bits per heavy atom. The van der Waals surface area contributed by atoms with Crippen molar-refractivity contribution in [1.82, 2.24) is 0 Å². The van der Waals surface area contributed by atoms with E-state index in [4.69, 9.17) is 9.47 Å². The molecule has 0 amide bonds. The summed E-state index contributed by atoms with van der Waals surface area (Å²) in [5.74, 6) is -0.621. The summed E-state index contributed by atoms with van der Waals surface area (Å²) >= 11 is 5.07. The summed E-state index contributed by atoms with van der Waals surface area (Å²) in [4.78, 5) is 25.1. The van der Waals surface area contributed by atoms with Crippen molar-refractivity contribution >= 4 is 64.7 Å². The molecule has 3 heterocycles. The average Bonchev–Trinajstić information content (AvgIpc) is 3.51. The summed E-state index contributed by atoms with van der Waals surface area (Å²) in [6.45, 7) is 4.30. The fourth-order valence-corrected chi connectivity index (χ4v) is 7.96. The molecular weight excluding hydrogens is 472 g/mol. The zero-order chi connectivity index (χ0) is 22.9. The summed E-state index contributed by atoms with van der Waals surface area (Å²) in [5.41, 5.74) is 4.98. The number of rotatable bonds is 6. The van der Waals surface area contributed by atoms with E-state index in [-0.39, 0.29) is 11.9 Å². The first kappa shape index (κ1) is 21.8. The maximum absolute atomic E-state index is 12.6. The third kappa shape index (κ3) is 3.76. The van der Waals surface area contributed by atoms with Gasteiger partial charge in [0.15, 0.2) is 0 Å². The Bertz CT molecular complexity index is 1380. The number of ether oxygens (including phenoxy) is 2. The zero-order valence-corrected chi connectivity index (χ0v) is 20.5. The molecule has 0 radical (unpaired) electrons. The molecule has 3 aromatic heterocycles. The molecule has 2 aromatic carbocycles. The molecule has 166 valence electrons. The molecule has 5 aromatic rings. The Morgan fingerprint density at radius 2 is 1.06 bits per heavy atom. The van der Waals surface area contributed by atoms with Crippen LogP contribution in [0.4, 0.5) is 0 Å². The molecular formula is C26H20O4S3. The smallest absolute Gasteiger partial charge is 0.338 e. The lowest BCUT2D eigenvalue weighted by molar-refractivity contribution is 0.0517. The van der Waals surface area contributed by atoms with E-state index in [1.807, 2.05) is 62.4 Å². The third-order valence-electron chi connectivity index (χ3n) is 5.33. The highest BCUT2D eigenvalue weighted by Gasteiger charge is 2.22. The Morgan fingerprint density at radius 1 is 0.636 bits per heavy atom. The maximum Gasteiger partial charge on any atom is 0.338 e. The number of benzene rings is 2. The highest BCUT2D eigenvalue weighted by atomic mass is 32.1. The van der Waals surface area contributed by atoms with Crippen molar-refractivity contribution < 1.29 is 19.1 Å². The van der Waals surface area contributed by atoms with E-state index in [9.17, 15) is 9.59 Å². The van der Waals surface area contributed by atoms with Crippen LogP contribution in [0.25, 0.3) is 41.1 Å². The van der Waals surface area contributed by atoms with Crippen LogP contribution in [0.2, 0.25) is 0 Å². The summed E-state index contributed by atoms with van der Waals surface area (Å²) < 4.78 is 15.3. The molecule has 0 bridgehead atoms. The van der Waals surface area contributed by atoms with E-state index >= 15 is 0 Å². The van der Waals surface area contributed by atoms with Crippen LogP contribution >= 0.6 is 34.0 Å². The van der Waals surface area contributed by atoms with Gasteiger partial charge in [0.1, 0.15) is 0 Å². The van der Waals surface area contributed by atoms with Crippen LogP contribution < -0.4 is 0 Å². The van der Waals surface area contributed by atoms with E-state index in [0.29, 0.717) is 24.3 Å². The van der Waals surface area contributed by atoms with Crippen molar-refractivity contribution in [3.05, 3.63) is 70.4 Å². The fourth-order valence-electron chi connectivity index (χ4n) is 3.89. The van der Waals surface area contributed by atoms with E-state index < -0.39 is 0 Å². The number of carbonyl (C=O) groups is 2. The third-order valence-corrected chi connectivity index (χ3v) is 8.97. The van der Waals surface area contributed by atoms with Gasteiger partial charge < -0.3 is 9.47 Å². The van der Waals surface area contributed by atoms with Crippen molar-refractivity contribution in [2.75, 3.05) is 13.2 Å². The molecule has 4 nitrogen and oxygen atoms in total. The van der Waals surface area contributed by atoms with Crippen LogP contribution in [-0.2, 0) is 9.47 Å². The summed E-state index contributed by atoms with van der Waals surface area (Å²) in [5, 5.41) is 4.23. The van der Waals surface area contributed by atoms with E-state index in [1.54, 1.807) is 34.0 Å². The molecule has 0 atom stereocenters. The highest BCUT2D eigenvalue weighted by molar-refractivity contribution is 7.38. The predicted molar refractivity (Wildman–Crippen MR) is 138 cm³/mol. The van der Waals surface area contributed by atoms with Gasteiger partial charge in [0.25, 0.3) is 0 Å². The van der Waals surface area contributed by atoms with Gasteiger partial charge in [-0.25, -0.2) is 9.59 Å². The normalized spacial score (nSPS) is 11.2. The number of hydrogen-bond acceptors (Lipinski definition) is 7. The Balaban J connectivity index is 1.67. The Labute approximate surface area is 203 Å². The summed E-state index contributed by atoms with van der Waals surface area (Å²) in [6.07, 6.45) is 0. The Kier molecular flexibility index (Phi) is 6.01. The second-order valence-corrected chi connectivity index (χ2v) is 10.0. The van der Waals surface area contributed by atoms with E-state index in [1.165, 1.54) is 9.40 Å². The van der Waals surface area contributed by atoms with E-state index in [2.05, 4.69) is 10.8 Å². The van der Waals surface area contributed by atoms with Crippen molar-refractivity contribution in [3.63, 3.8) is 0 Å². The minimum absolute atomic E-state index is 0.310. The van der Waals surface area contributed by atoms with Gasteiger partial charge in [0.05, 0.1) is 43.1 Å². The molecule has 0 fully saturated rings. The van der Waals surface area contributed by atoms with Gasteiger partial charge in [-0.3, -0.25) is 0 Å². The second kappa shape index (κ2) is 9.09. The number of esters is 2. The molecule has 33 heavy (non-hydrogen) atoms. The number of carbonyl (C=O) groups excluding carboxylic acids is 2. The molecule has 0 unspecified atom stereocenters. The lowest BCUT2D eigenvalue weighted by Crippen LogP contribution is -2.06. The van der Waals surface area contributed by atoms with Crippen LogP contribution in [0.1, 0.15) is 34.6 Å². The molecule has 0 saturated carbocycles. The topological polar surface area (TPSA) is 52.6 Å². The monoisotopic (exact) mass is 492 g/mol. The summed E-state index contributed by atoms with van der Waals surface area (Å²) in [7, 11) is 0. The van der Waals surface area contributed by atoms with Gasteiger partial charge >= 0.3 is 11.9 Å². The minimum atomic E-state index is -0.310. The van der Waals surface area contributed by atoms with Crippen LogP contribution in [-0.4, -0.2) is 25.2 Å². The second-order valence-electron chi connectivity index (χ2n) is 7.25. The molecule has 0 aliphatic heterocycles. The van der Waals surface area contributed by atoms with Crippen LogP contribution in [0.3, 0.4) is 0 Å². The predicted octanol–water partition coefficient (Wildman–Crippen LogP) is 7.86. The van der Waals surface area contributed by atoms with Gasteiger partial charge in [-0.1, -0.05) is 36.4 Å². The molecule has 0 spiro atoms. The Hall–Kier alpha value is -3.00. The van der Waals surface area contributed by atoms with Gasteiger partial charge in [-0.2, -0.15) is 0 Å². The molecule has 5 rings (SSSR count). The average molecular weight is 493 g/mol. The van der Waals surface area contributed by atoms with Crippen LogP contribution in [0.15, 0.2) is 59.3 Å². The largest absolute Gasteiger partial charge is 0.462 e. The van der Waals surface area contributed by atoms with Crippen LogP contribution in [0, 0.1) is 0 Å². The van der Waals surface area contributed by atoms with E-state index in [0.717, 1.165) is 31.7 Å². The first-order valence-electron chi connectivity index (χ1n) is 10.6. The first-order chi connectivity index (χ1) is 16.1. The van der Waals surface area contributed by atoms with Gasteiger partial charge in [0, 0.05) is 21.9 Å². The molecule has 0 aliphatic carbocycles. The van der Waals surface area contributed by atoms with Gasteiger partial charge in [-0.05, 0) is 37.1 Å². The quantitative estimate of drug-likeness (QED) is 0.226. The van der Waals surface area contributed by atoms with Crippen LogP contribution in [0.5, 0.6) is 0 Å². The fraction of sp³-hybridized carbons (Fsp3) is 0.154. The maximum atomic E-state index is 12.6. The lowest BCUT2D eigenvalue weighted by Gasteiger charge is -2.08. The number of thiophene rings is 3. The molecule has 7 heteroatoms. The van der Waals surface area contributed by atoms with Gasteiger partial charge in [-0.15, -0.1) is 34.0 Å². The summed E-state index contributed by atoms with van der Waals surface area (Å²) in [6, 6.07) is 15.2. The standard InChI is InChI=1S/C26H20O4S3/c1-3-29-25(27)17-11-7-5-9-15(17)19-13-31-23-21(19)33-22-20(14-32-24(22)23)16-10-6-8-12-18(16)26(28)30-4-2/h5-14H,3-4H2,1-2H3.